The Kier molecular flexibility index (Phi) is 5.83. The summed E-state index contributed by atoms with van der Waals surface area (Å²) in [5.74, 6) is -1.71. The summed E-state index contributed by atoms with van der Waals surface area (Å²) in [5.41, 5.74) is 1.82. The fourth-order valence-corrected chi connectivity index (χ4v) is 3.75. The van der Waals surface area contributed by atoms with E-state index < -0.39 is 11.6 Å². The number of nitrogens with zero attached hydrogens (tertiary/aromatic N) is 2. The van der Waals surface area contributed by atoms with E-state index in [0.29, 0.717) is 16.2 Å². The maximum absolute atomic E-state index is 13.6. The quantitative estimate of drug-likeness (QED) is 0.486. The number of aromatic amines is 1. The van der Waals surface area contributed by atoms with Gasteiger partial charge in [0.1, 0.15) is 17.2 Å². The Hall–Kier alpha value is -2.68. The van der Waals surface area contributed by atoms with Crippen molar-refractivity contribution >= 4 is 28.7 Å². The van der Waals surface area contributed by atoms with Crippen LogP contribution in [0, 0.1) is 18.6 Å². The van der Waals surface area contributed by atoms with Crippen molar-refractivity contribution in [3.05, 3.63) is 57.5 Å². The summed E-state index contributed by atoms with van der Waals surface area (Å²) in [6.07, 6.45) is 0. The number of fused-ring (bicyclic) bond motifs is 1. The van der Waals surface area contributed by atoms with Gasteiger partial charge in [-0.15, -0.1) is 0 Å². The van der Waals surface area contributed by atoms with Crippen LogP contribution in [0.5, 0.6) is 0 Å². The lowest BCUT2D eigenvalue weighted by Gasteiger charge is -2.15. The summed E-state index contributed by atoms with van der Waals surface area (Å²) in [5, 5.41) is 3.03. The number of rotatable bonds is 6. The Morgan fingerprint density at radius 2 is 2.07 bits per heavy atom. The molecule has 1 amide bonds. The summed E-state index contributed by atoms with van der Waals surface area (Å²) >= 11 is 1.14. The van der Waals surface area contributed by atoms with E-state index in [4.69, 9.17) is 0 Å². The van der Waals surface area contributed by atoms with Crippen LogP contribution in [0.25, 0.3) is 11.0 Å². The van der Waals surface area contributed by atoms with Crippen molar-refractivity contribution in [2.75, 3.05) is 5.75 Å². The summed E-state index contributed by atoms with van der Waals surface area (Å²) in [6, 6.07) is 4.85. The van der Waals surface area contributed by atoms with Crippen LogP contribution >= 0.6 is 11.8 Å². The van der Waals surface area contributed by atoms with Crippen molar-refractivity contribution in [3.8, 4) is 0 Å². The van der Waals surface area contributed by atoms with Crippen molar-refractivity contribution < 1.29 is 13.6 Å². The first-order chi connectivity index (χ1) is 13.3. The average Bonchev–Trinajstić information content (AvgIpc) is 2.99. The first kappa shape index (κ1) is 20.1. The summed E-state index contributed by atoms with van der Waals surface area (Å²) in [4.78, 5) is 32.4. The van der Waals surface area contributed by atoms with Gasteiger partial charge in [-0.3, -0.25) is 14.2 Å². The van der Waals surface area contributed by atoms with Gasteiger partial charge in [0.15, 0.2) is 5.16 Å². The largest absolute Gasteiger partial charge is 0.353 e. The van der Waals surface area contributed by atoms with Gasteiger partial charge in [-0.25, -0.2) is 13.8 Å². The molecule has 9 heteroatoms. The number of amides is 1. The number of halogens is 2. The minimum Gasteiger partial charge on any atom is -0.353 e. The number of hydrogen-bond donors (Lipinski definition) is 2. The van der Waals surface area contributed by atoms with Crippen LogP contribution in [0.2, 0.25) is 0 Å². The van der Waals surface area contributed by atoms with Crippen molar-refractivity contribution in [2.24, 2.45) is 0 Å². The molecule has 6 nitrogen and oxygen atoms in total. The number of thioether (sulfide) groups is 1. The van der Waals surface area contributed by atoms with Crippen LogP contribution < -0.4 is 10.9 Å². The zero-order valence-electron chi connectivity index (χ0n) is 15.7. The first-order valence-corrected chi connectivity index (χ1v) is 9.70. The second-order valence-corrected chi connectivity index (χ2v) is 7.62. The second kappa shape index (κ2) is 8.14. The molecule has 0 spiro atoms. The predicted molar refractivity (Wildman–Crippen MR) is 104 cm³/mol. The van der Waals surface area contributed by atoms with Gasteiger partial charge >= 0.3 is 0 Å². The molecule has 2 aromatic heterocycles. The van der Waals surface area contributed by atoms with Crippen LogP contribution in [0.4, 0.5) is 8.78 Å². The molecule has 0 aliphatic heterocycles. The third-order valence-electron chi connectivity index (χ3n) is 4.13. The lowest BCUT2D eigenvalue weighted by molar-refractivity contribution is -0.118. The molecule has 3 rings (SSSR count). The number of H-pyrrole nitrogens is 1. The Morgan fingerprint density at radius 1 is 1.32 bits per heavy atom. The highest BCUT2D eigenvalue weighted by molar-refractivity contribution is 7.99. The van der Waals surface area contributed by atoms with Gasteiger partial charge < -0.3 is 10.3 Å². The summed E-state index contributed by atoms with van der Waals surface area (Å²) in [6.45, 7) is 5.53. The molecule has 0 aliphatic rings. The fraction of sp³-hybridized carbons (Fsp3) is 0.316. The first-order valence-electron chi connectivity index (χ1n) is 8.71. The molecular formula is C19H20F2N4O2S. The predicted octanol–water partition coefficient (Wildman–Crippen LogP) is 3.30. The molecule has 0 atom stereocenters. The smallest absolute Gasteiger partial charge is 0.278 e. The number of benzene rings is 1. The Bertz CT molecular complexity index is 1090. The van der Waals surface area contributed by atoms with Crippen LogP contribution in [0.3, 0.4) is 0 Å². The van der Waals surface area contributed by atoms with Crippen LogP contribution in [-0.2, 0) is 11.3 Å². The third-order valence-corrected chi connectivity index (χ3v) is 5.08. The van der Waals surface area contributed by atoms with Crippen molar-refractivity contribution in [3.63, 3.8) is 0 Å². The minimum atomic E-state index is -0.712. The zero-order chi connectivity index (χ0) is 20.4. The average molecular weight is 406 g/mol. The van der Waals surface area contributed by atoms with E-state index in [-0.39, 0.29) is 35.4 Å². The number of carbonyl (C=O) groups excluding carboxylic acids is 1. The summed E-state index contributed by atoms with van der Waals surface area (Å²) < 4.78 is 28.1. The van der Waals surface area contributed by atoms with E-state index in [1.165, 1.54) is 10.6 Å². The number of carbonyl (C=O) groups is 1. The molecule has 148 valence electrons. The van der Waals surface area contributed by atoms with Gasteiger partial charge in [0.25, 0.3) is 5.56 Å². The van der Waals surface area contributed by atoms with E-state index >= 15 is 0 Å². The highest BCUT2D eigenvalue weighted by Gasteiger charge is 2.17. The van der Waals surface area contributed by atoms with Crippen LogP contribution in [0.15, 0.2) is 34.2 Å². The standard InChI is InChI=1S/C19H20F2N4O2S/c1-10(2)25-18(27)17-15(6-11(3)23-17)24-19(25)28-9-16(26)22-8-12-4-5-13(20)7-14(12)21/h4-7,10,23H,8-9H2,1-3H3,(H,22,26). The summed E-state index contributed by atoms with van der Waals surface area (Å²) in [7, 11) is 0. The monoisotopic (exact) mass is 406 g/mol. The molecule has 28 heavy (non-hydrogen) atoms. The maximum Gasteiger partial charge on any atom is 0.278 e. The van der Waals surface area contributed by atoms with E-state index in [1.807, 2.05) is 20.8 Å². The van der Waals surface area contributed by atoms with Crippen molar-refractivity contribution in [2.45, 2.75) is 38.5 Å². The third kappa shape index (κ3) is 4.24. The number of nitrogens with one attached hydrogen (secondary N) is 2. The minimum absolute atomic E-state index is 0.0108. The van der Waals surface area contributed by atoms with Gasteiger partial charge in [0, 0.05) is 29.9 Å². The van der Waals surface area contributed by atoms with Gasteiger partial charge in [-0.05, 0) is 32.9 Å². The molecule has 0 aliphatic carbocycles. The Labute approximate surface area is 164 Å². The fourth-order valence-electron chi connectivity index (χ4n) is 2.79. The molecule has 3 aromatic rings. The highest BCUT2D eigenvalue weighted by atomic mass is 32.2. The van der Waals surface area contributed by atoms with E-state index in [2.05, 4.69) is 15.3 Å². The molecule has 2 heterocycles. The van der Waals surface area contributed by atoms with Gasteiger partial charge in [0.2, 0.25) is 5.91 Å². The highest BCUT2D eigenvalue weighted by Crippen LogP contribution is 2.21. The lowest BCUT2D eigenvalue weighted by Crippen LogP contribution is -2.27. The molecule has 0 bridgehead atoms. The topological polar surface area (TPSA) is 79.8 Å². The van der Waals surface area contributed by atoms with Gasteiger partial charge in [-0.2, -0.15) is 0 Å². The molecule has 0 radical (unpaired) electrons. The van der Waals surface area contributed by atoms with E-state index in [0.717, 1.165) is 29.6 Å². The van der Waals surface area contributed by atoms with Gasteiger partial charge in [-0.1, -0.05) is 17.8 Å². The van der Waals surface area contributed by atoms with Crippen LogP contribution in [-0.4, -0.2) is 26.2 Å². The molecule has 0 saturated carbocycles. The van der Waals surface area contributed by atoms with E-state index in [1.54, 1.807) is 6.07 Å². The normalized spacial score (nSPS) is 11.4. The Balaban J connectivity index is 1.72. The molecule has 0 fully saturated rings. The van der Waals surface area contributed by atoms with Crippen molar-refractivity contribution in [1.82, 2.24) is 19.9 Å². The SMILES string of the molecule is Cc1cc2nc(SCC(=O)NCc3ccc(F)cc3F)n(C(C)C)c(=O)c2[nH]1. The Morgan fingerprint density at radius 3 is 2.75 bits per heavy atom. The van der Waals surface area contributed by atoms with Gasteiger partial charge in [0.05, 0.1) is 11.3 Å². The van der Waals surface area contributed by atoms with E-state index in [9.17, 15) is 18.4 Å². The molecule has 0 saturated heterocycles. The number of aromatic nitrogens is 3. The second-order valence-electron chi connectivity index (χ2n) is 6.68. The lowest BCUT2D eigenvalue weighted by atomic mass is 10.2. The molecular weight excluding hydrogens is 386 g/mol. The molecule has 2 N–H and O–H groups in total. The molecule has 0 unspecified atom stereocenters. The van der Waals surface area contributed by atoms with Crippen LogP contribution in [0.1, 0.15) is 31.1 Å². The van der Waals surface area contributed by atoms with Crippen molar-refractivity contribution in [1.29, 1.82) is 0 Å². The number of hydrogen-bond acceptors (Lipinski definition) is 4. The number of aryl methyl sites for hydroxylation is 1. The molecule has 1 aromatic carbocycles. The maximum atomic E-state index is 13.6. The zero-order valence-corrected chi connectivity index (χ0v) is 16.5.